The summed E-state index contributed by atoms with van der Waals surface area (Å²) in [5, 5.41) is 4.93. The van der Waals surface area contributed by atoms with Crippen molar-refractivity contribution in [3.05, 3.63) is 51.6 Å². The number of rotatable bonds is 4. The maximum absolute atomic E-state index is 13.8. The van der Waals surface area contributed by atoms with Gasteiger partial charge in [-0.25, -0.2) is 4.39 Å². The van der Waals surface area contributed by atoms with Gasteiger partial charge in [-0.2, -0.15) is 5.10 Å². The molecule has 0 radical (unpaired) electrons. The van der Waals surface area contributed by atoms with Crippen molar-refractivity contribution in [3.63, 3.8) is 0 Å². The highest BCUT2D eigenvalue weighted by Crippen LogP contribution is 2.30. The molecule has 0 fully saturated rings. The Morgan fingerprint density at radius 2 is 2.05 bits per heavy atom. The standard InChI is InChI=1S/C15H17Cl2FN2/c1-4-13(17)15-9(2)19-20(10(15)3)8-11-7-12(16)5-6-14(11)18/h5-7,13H,4,8H2,1-3H3. The summed E-state index contributed by atoms with van der Waals surface area (Å²) in [6, 6.07) is 4.55. The van der Waals surface area contributed by atoms with E-state index in [1.54, 1.807) is 16.8 Å². The highest BCUT2D eigenvalue weighted by molar-refractivity contribution is 6.30. The van der Waals surface area contributed by atoms with Crippen LogP contribution < -0.4 is 0 Å². The predicted octanol–water partition coefficient (Wildman–Crippen LogP) is 5.03. The van der Waals surface area contributed by atoms with Gasteiger partial charge in [0.25, 0.3) is 0 Å². The van der Waals surface area contributed by atoms with E-state index in [-0.39, 0.29) is 11.2 Å². The van der Waals surface area contributed by atoms with Crippen LogP contribution in [-0.4, -0.2) is 9.78 Å². The average molecular weight is 315 g/mol. The van der Waals surface area contributed by atoms with E-state index in [2.05, 4.69) is 5.10 Å². The lowest BCUT2D eigenvalue weighted by Gasteiger charge is -2.09. The van der Waals surface area contributed by atoms with Crippen LogP contribution in [0.4, 0.5) is 4.39 Å². The van der Waals surface area contributed by atoms with Crippen molar-refractivity contribution in [2.75, 3.05) is 0 Å². The second-order valence-corrected chi connectivity index (χ2v) is 5.82. The molecule has 0 aliphatic rings. The topological polar surface area (TPSA) is 17.8 Å². The van der Waals surface area contributed by atoms with Crippen LogP contribution >= 0.6 is 23.2 Å². The molecule has 0 spiro atoms. The minimum absolute atomic E-state index is 0.0621. The summed E-state index contributed by atoms with van der Waals surface area (Å²) in [5.74, 6) is -0.276. The van der Waals surface area contributed by atoms with E-state index in [9.17, 15) is 4.39 Å². The van der Waals surface area contributed by atoms with E-state index in [0.717, 1.165) is 23.4 Å². The lowest BCUT2D eigenvalue weighted by molar-refractivity contribution is 0.578. The molecule has 1 aromatic heterocycles. The first-order valence-corrected chi connectivity index (χ1v) is 7.37. The second kappa shape index (κ2) is 6.15. The number of benzene rings is 1. The largest absolute Gasteiger partial charge is 0.265 e. The smallest absolute Gasteiger partial charge is 0.128 e. The molecule has 2 aromatic rings. The number of hydrogen-bond acceptors (Lipinski definition) is 1. The Morgan fingerprint density at radius 1 is 1.35 bits per heavy atom. The van der Waals surface area contributed by atoms with Gasteiger partial charge in [0.2, 0.25) is 0 Å². The fraction of sp³-hybridized carbons (Fsp3) is 0.400. The Morgan fingerprint density at radius 3 is 2.70 bits per heavy atom. The molecule has 1 atom stereocenters. The first-order valence-electron chi connectivity index (χ1n) is 6.56. The molecule has 1 aromatic carbocycles. The van der Waals surface area contributed by atoms with Crippen molar-refractivity contribution in [2.24, 2.45) is 0 Å². The van der Waals surface area contributed by atoms with Crippen LogP contribution in [0.25, 0.3) is 0 Å². The molecule has 2 nitrogen and oxygen atoms in total. The number of alkyl halides is 1. The van der Waals surface area contributed by atoms with Gasteiger partial charge in [-0.15, -0.1) is 11.6 Å². The summed E-state index contributed by atoms with van der Waals surface area (Å²) in [5.41, 5.74) is 3.43. The van der Waals surface area contributed by atoms with Crippen LogP contribution in [0, 0.1) is 19.7 Å². The number of aryl methyl sites for hydroxylation is 1. The Bertz CT molecular complexity index is 623. The quantitative estimate of drug-likeness (QED) is 0.724. The Hall–Kier alpha value is -1.06. The molecule has 20 heavy (non-hydrogen) atoms. The van der Waals surface area contributed by atoms with E-state index in [1.165, 1.54) is 6.07 Å². The average Bonchev–Trinajstić information content (AvgIpc) is 2.68. The summed E-state index contributed by atoms with van der Waals surface area (Å²) in [6.07, 6.45) is 0.834. The molecule has 108 valence electrons. The summed E-state index contributed by atoms with van der Waals surface area (Å²) >= 11 is 12.2. The lowest BCUT2D eigenvalue weighted by Crippen LogP contribution is -2.06. The van der Waals surface area contributed by atoms with Crippen molar-refractivity contribution in [1.82, 2.24) is 9.78 Å². The normalized spacial score (nSPS) is 12.7. The SMILES string of the molecule is CCC(Cl)c1c(C)nn(Cc2cc(Cl)ccc2F)c1C. The van der Waals surface area contributed by atoms with E-state index >= 15 is 0 Å². The van der Waals surface area contributed by atoms with Crippen LogP contribution in [0.1, 0.15) is 41.2 Å². The van der Waals surface area contributed by atoms with Crippen molar-refractivity contribution in [3.8, 4) is 0 Å². The minimum Gasteiger partial charge on any atom is -0.265 e. The lowest BCUT2D eigenvalue weighted by atomic mass is 10.1. The molecule has 0 N–H and O–H groups in total. The molecule has 0 saturated carbocycles. The van der Waals surface area contributed by atoms with E-state index in [4.69, 9.17) is 23.2 Å². The van der Waals surface area contributed by atoms with Gasteiger partial charge in [0, 0.05) is 21.8 Å². The maximum Gasteiger partial charge on any atom is 0.128 e. The molecule has 1 heterocycles. The molecule has 0 saturated heterocycles. The molecule has 5 heteroatoms. The summed E-state index contributed by atoms with van der Waals surface area (Å²) in [7, 11) is 0. The van der Waals surface area contributed by atoms with E-state index in [0.29, 0.717) is 17.1 Å². The molecular formula is C15H17Cl2FN2. The first kappa shape index (κ1) is 15.3. The van der Waals surface area contributed by atoms with Gasteiger partial charge in [0.05, 0.1) is 17.6 Å². The highest BCUT2D eigenvalue weighted by atomic mass is 35.5. The van der Waals surface area contributed by atoms with Gasteiger partial charge in [0.1, 0.15) is 5.82 Å². The second-order valence-electron chi connectivity index (χ2n) is 4.85. The first-order chi connectivity index (χ1) is 9.43. The molecule has 2 rings (SSSR count). The zero-order valence-electron chi connectivity index (χ0n) is 11.8. The fourth-order valence-corrected chi connectivity index (χ4v) is 2.86. The number of halogens is 3. The van der Waals surface area contributed by atoms with Crippen molar-refractivity contribution < 1.29 is 4.39 Å². The third-order valence-corrected chi connectivity index (χ3v) is 4.20. The predicted molar refractivity (Wildman–Crippen MR) is 81.1 cm³/mol. The summed E-state index contributed by atoms with van der Waals surface area (Å²) in [6.45, 7) is 6.28. The van der Waals surface area contributed by atoms with Crippen LogP contribution in [0.2, 0.25) is 5.02 Å². The van der Waals surface area contributed by atoms with Crippen LogP contribution in [0.5, 0.6) is 0 Å². The Labute approximate surface area is 128 Å². The molecule has 0 amide bonds. The third-order valence-electron chi connectivity index (χ3n) is 3.44. The van der Waals surface area contributed by atoms with Gasteiger partial charge < -0.3 is 0 Å². The van der Waals surface area contributed by atoms with Gasteiger partial charge >= 0.3 is 0 Å². The Kier molecular flexibility index (Phi) is 4.71. The van der Waals surface area contributed by atoms with Gasteiger partial charge in [-0.05, 0) is 38.5 Å². The minimum atomic E-state index is -0.276. The fourth-order valence-electron chi connectivity index (χ4n) is 2.35. The molecular weight excluding hydrogens is 298 g/mol. The van der Waals surface area contributed by atoms with E-state index in [1.807, 2.05) is 20.8 Å². The molecule has 1 unspecified atom stereocenters. The third kappa shape index (κ3) is 2.99. The monoisotopic (exact) mass is 314 g/mol. The van der Waals surface area contributed by atoms with Gasteiger partial charge in [-0.1, -0.05) is 18.5 Å². The summed E-state index contributed by atoms with van der Waals surface area (Å²) in [4.78, 5) is 0. The number of aromatic nitrogens is 2. The zero-order valence-corrected chi connectivity index (χ0v) is 13.3. The molecule has 0 bridgehead atoms. The van der Waals surface area contributed by atoms with Crippen molar-refractivity contribution in [1.29, 1.82) is 0 Å². The highest BCUT2D eigenvalue weighted by Gasteiger charge is 2.18. The van der Waals surface area contributed by atoms with Gasteiger partial charge in [-0.3, -0.25) is 4.68 Å². The Balaban J connectivity index is 2.37. The number of hydrogen-bond donors (Lipinski definition) is 0. The summed E-state index contributed by atoms with van der Waals surface area (Å²) < 4.78 is 15.6. The van der Waals surface area contributed by atoms with Crippen LogP contribution in [0.15, 0.2) is 18.2 Å². The zero-order chi connectivity index (χ0) is 14.9. The molecule has 0 aliphatic carbocycles. The van der Waals surface area contributed by atoms with Gasteiger partial charge in [0.15, 0.2) is 0 Å². The van der Waals surface area contributed by atoms with Crippen LogP contribution in [-0.2, 0) is 6.54 Å². The molecule has 0 aliphatic heterocycles. The van der Waals surface area contributed by atoms with Crippen molar-refractivity contribution >= 4 is 23.2 Å². The van der Waals surface area contributed by atoms with E-state index < -0.39 is 0 Å². The van der Waals surface area contributed by atoms with Crippen LogP contribution in [0.3, 0.4) is 0 Å². The van der Waals surface area contributed by atoms with Crippen molar-refractivity contribution in [2.45, 2.75) is 39.1 Å². The number of nitrogens with zero attached hydrogens (tertiary/aromatic N) is 2. The maximum atomic E-state index is 13.8.